The Labute approximate surface area is 156 Å². The van der Waals surface area contributed by atoms with Gasteiger partial charge in [-0.3, -0.25) is 9.59 Å². The van der Waals surface area contributed by atoms with E-state index in [1.54, 1.807) is 19.1 Å². The number of rotatable bonds is 8. The molecule has 26 heavy (non-hydrogen) atoms. The zero-order valence-corrected chi connectivity index (χ0v) is 15.9. The van der Waals surface area contributed by atoms with E-state index in [9.17, 15) is 9.59 Å². The van der Waals surface area contributed by atoms with E-state index in [2.05, 4.69) is 24.3 Å². The Kier molecular flexibility index (Phi) is 8.58. The number of ether oxygens (including phenoxy) is 2. The van der Waals surface area contributed by atoms with Crippen LogP contribution in [0.15, 0.2) is 30.3 Å². The third kappa shape index (κ3) is 6.11. The van der Waals surface area contributed by atoms with E-state index in [-0.39, 0.29) is 0 Å². The van der Waals surface area contributed by atoms with Crippen LogP contribution in [0, 0.1) is 5.92 Å². The second kappa shape index (κ2) is 10.9. The van der Waals surface area contributed by atoms with Gasteiger partial charge in [0, 0.05) is 40.4 Å². The van der Waals surface area contributed by atoms with Gasteiger partial charge in [-0.15, -0.1) is 0 Å². The van der Waals surface area contributed by atoms with Crippen molar-refractivity contribution in [3.8, 4) is 0 Å². The molecule has 144 valence electrons. The van der Waals surface area contributed by atoms with Crippen molar-refractivity contribution in [1.82, 2.24) is 9.80 Å². The normalized spacial score (nSPS) is 15.1. The van der Waals surface area contributed by atoms with Crippen molar-refractivity contribution in [2.75, 3.05) is 53.6 Å². The largest absolute Gasteiger partial charge is 0.383 e. The molecule has 0 atom stereocenters. The highest BCUT2D eigenvalue weighted by Crippen LogP contribution is 2.22. The average molecular weight is 362 g/mol. The van der Waals surface area contributed by atoms with Gasteiger partial charge in [0.15, 0.2) is 0 Å². The molecule has 2 rings (SSSR count). The maximum Gasteiger partial charge on any atom is 0.312 e. The molecule has 1 saturated heterocycles. The quantitative estimate of drug-likeness (QED) is 0.659. The maximum atomic E-state index is 12.6. The predicted molar refractivity (Wildman–Crippen MR) is 99.8 cm³/mol. The summed E-state index contributed by atoms with van der Waals surface area (Å²) in [6.07, 6.45) is 2.90. The lowest BCUT2D eigenvalue weighted by atomic mass is 9.90. The minimum absolute atomic E-state index is 0.398. The second-order valence-corrected chi connectivity index (χ2v) is 6.70. The maximum absolute atomic E-state index is 12.6. The number of amides is 2. The number of hydrogen-bond donors (Lipinski definition) is 0. The Bertz CT molecular complexity index is 548. The summed E-state index contributed by atoms with van der Waals surface area (Å²) < 4.78 is 10.1. The summed E-state index contributed by atoms with van der Waals surface area (Å²) in [4.78, 5) is 28.3. The molecule has 0 spiro atoms. The van der Waals surface area contributed by atoms with Crippen molar-refractivity contribution < 1.29 is 19.1 Å². The van der Waals surface area contributed by atoms with Crippen LogP contribution >= 0.6 is 0 Å². The molecule has 2 amide bonds. The fourth-order valence-electron chi connectivity index (χ4n) is 3.28. The molecular weight excluding hydrogens is 332 g/mol. The molecule has 0 saturated carbocycles. The van der Waals surface area contributed by atoms with Gasteiger partial charge in [-0.25, -0.2) is 0 Å². The minimum atomic E-state index is -0.458. The molecule has 6 nitrogen and oxygen atoms in total. The SMILES string of the molecule is COCCN(CCOC)C(=O)C(=O)N1CCC(Cc2ccccc2)CC1. The molecule has 1 fully saturated rings. The Morgan fingerprint density at radius 3 is 2.15 bits per heavy atom. The van der Waals surface area contributed by atoms with Gasteiger partial charge in [0.05, 0.1) is 13.2 Å². The van der Waals surface area contributed by atoms with Crippen LogP contribution in [0.25, 0.3) is 0 Å². The lowest BCUT2D eigenvalue weighted by Gasteiger charge is -2.33. The smallest absolute Gasteiger partial charge is 0.312 e. The lowest BCUT2D eigenvalue weighted by molar-refractivity contribution is -0.153. The van der Waals surface area contributed by atoms with Gasteiger partial charge in [-0.1, -0.05) is 30.3 Å². The van der Waals surface area contributed by atoms with Crippen molar-refractivity contribution >= 4 is 11.8 Å². The van der Waals surface area contributed by atoms with Crippen LogP contribution < -0.4 is 0 Å². The number of piperidine rings is 1. The predicted octanol–water partition coefficient (Wildman–Crippen LogP) is 1.59. The molecule has 6 heteroatoms. The zero-order chi connectivity index (χ0) is 18.8. The first kappa shape index (κ1) is 20.4. The first-order valence-corrected chi connectivity index (χ1v) is 9.25. The number of nitrogens with zero attached hydrogens (tertiary/aromatic N) is 2. The molecule has 0 N–H and O–H groups in total. The van der Waals surface area contributed by atoms with Crippen molar-refractivity contribution in [2.24, 2.45) is 5.92 Å². The van der Waals surface area contributed by atoms with Crippen LogP contribution in [-0.4, -0.2) is 75.2 Å². The van der Waals surface area contributed by atoms with Gasteiger partial charge in [-0.05, 0) is 30.7 Å². The number of carbonyl (C=O) groups excluding carboxylic acids is 2. The van der Waals surface area contributed by atoms with Crippen LogP contribution in [-0.2, 0) is 25.5 Å². The summed E-state index contributed by atoms with van der Waals surface area (Å²) >= 11 is 0. The van der Waals surface area contributed by atoms with Gasteiger partial charge >= 0.3 is 11.8 Å². The minimum Gasteiger partial charge on any atom is -0.383 e. The van der Waals surface area contributed by atoms with E-state index in [0.717, 1.165) is 19.3 Å². The Balaban J connectivity index is 1.84. The topological polar surface area (TPSA) is 59.1 Å². The first-order chi connectivity index (χ1) is 12.7. The van der Waals surface area contributed by atoms with Crippen molar-refractivity contribution in [2.45, 2.75) is 19.3 Å². The van der Waals surface area contributed by atoms with E-state index in [1.165, 1.54) is 10.5 Å². The Morgan fingerprint density at radius 1 is 1.04 bits per heavy atom. The van der Waals surface area contributed by atoms with Gasteiger partial charge in [0.2, 0.25) is 0 Å². The molecule has 0 unspecified atom stereocenters. The Hall–Kier alpha value is -1.92. The summed E-state index contributed by atoms with van der Waals surface area (Å²) in [5.41, 5.74) is 1.33. The highest BCUT2D eigenvalue weighted by Gasteiger charge is 2.30. The average Bonchev–Trinajstić information content (AvgIpc) is 2.68. The van der Waals surface area contributed by atoms with Crippen LogP contribution in [0.2, 0.25) is 0 Å². The van der Waals surface area contributed by atoms with Crippen molar-refractivity contribution in [1.29, 1.82) is 0 Å². The van der Waals surface area contributed by atoms with E-state index >= 15 is 0 Å². The molecule has 1 heterocycles. The summed E-state index contributed by atoms with van der Waals surface area (Å²) in [6.45, 7) is 2.89. The van der Waals surface area contributed by atoms with Gasteiger partial charge < -0.3 is 19.3 Å². The second-order valence-electron chi connectivity index (χ2n) is 6.70. The molecule has 1 aromatic rings. The van der Waals surface area contributed by atoms with Crippen molar-refractivity contribution in [3.05, 3.63) is 35.9 Å². The fraction of sp³-hybridized carbons (Fsp3) is 0.600. The highest BCUT2D eigenvalue weighted by atomic mass is 16.5. The van der Waals surface area contributed by atoms with Gasteiger partial charge in [-0.2, -0.15) is 0 Å². The van der Waals surface area contributed by atoms with E-state index in [1.807, 2.05) is 6.07 Å². The number of carbonyl (C=O) groups is 2. The van der Waals surface area contributed by atoms with E-state index < -0.39 is 11.8 Å². The monoisotopic (exact) mass is 362 g/mol. The number of methoxy groups -OCH3 is 2. The molecule has 0 bridgehead atoms. The van der Waals surface area contributed by atoms with Crippen LogP contribution in [0.1, 0.15) is 18.4 Å². The lowest BCUT2D eigenvalue weighted by Crippen LogP contribution is -2.49. The summed E-state index contributed by atoms with van der Waals surface area (Å²) in [5, 5.41) is 0. The summed E-state index contributed by atoms with van der Waals surface area (Å²) in [6, 6.07) is 10.4. The van der Waals surface area contributed by atoms with E-state index in [0.29, 0.717) is 45.3 Å². The van der Waals surface area contributed by atoms with Crippen molar-refractivity contribution in [3.63, 3.8) is 0 Å². The molecule has 1 aliphatic heterocycles. The van der Waals surface area contributed by atoms with Crippen LogP contribution in [0.5, 0.6) is 0 Å². The Morgan fingerprint density at radius 2 is 1.62 bits per heavy atom. The van der Waals surface area contributed by atoms with E-state index in [4.69, 9.17) is 9.47 Å². The first-order valence-electron chi connectivity index (χ1n) is 9.25. The van der Waals surface area contributed by atoms with Crippen LogP contribution in [0.3, 0.4) is 0 Å². The highest BCUT2D eigenvalue weighted by molar-refractivity contribution is 6.34. The summed E-state index contributed by atoms with van der Waals surface area (Å²) in [7, 11) is 3.16. The summed E-state index contributed by atoms with van der Waals surface area (Å²) in [5.74, 6) is -0.300. The molecular formula is C20H30N2O4. The number of likely N-dealkylation sites (tertiary alicyclic amines) is 1. The van der Waals surface area contributed by atoms with Gasteiger partial charge in [0.25, 0.3) is 0 Å². The molecule has 0 aromatic heterocycles. The third-order valence-corrected chi connectivity index (χ3v) is 4.87. The third-order valence-electron chi connectivity index (χ3n) is 4.87. The number of benzene rings is 1. The fourth-order valence-corrected chi connectivity index (χ4v) is 3.28. The zero-order valence-electron chi connectivity index (χ0n) is 15.9. The standard InChI is InChI=1S/C20H30N2O4/c1-25-14-12-22(13-15-26-2)20(24)19(23)21-10-8-18(9-11-21)16-17-6-4-3-5-7-17/h3-7,18H,8-16H2,1-2H3. The molecule has 0 radical (unpaired) electrons. The molecule has 1 aromatic carbocycles. The van der Waals surface area contributed by atoms with Gasteiger partial charge in [0.1, 0.15) is 0 Å². The molecule has 0 aliphatic carbocycles. The van der Waals surface area contributed by atoms with Crippen LogP contribution in [0.4, 0.5) is 0 Å². The molecule has 1 aliphatic rings. The number of hydrogen-bond acceptors (Lipinski definition) is 4.